The zero-order valence-corrected chi connectivity index (χ0v) is 16.7. The fraction of sp³-hybridized carbons (Fsp3) is 0.217. The van der Waals surface area contributed by atoms with Crippen molar-refractivity contribution in [3.05, 3.63) is 80.1 Å². The van der Waals surface area contributed by atoms with E-state index in [1.807, 2.05) is 6.07 Å². The molecule has 152 valence electrons. The number of hydrogen-bond donors (Lipinski definition) is 3. The van der Waals surface area contributed by atoms with Crippen LogP contribution >= 0.6 is 11.6 Å². The van der Waals surface area contributed by atoms with Crippen molar-refractivity contribution in [2.45, 2.75) is 19.0 Å². The molecule has 1 amide bonds. The Morgan fingerprint density at radius 2 is 2.00 bits per heavy atom. The number of carbonyl (C=O) groups excluding carboxylic acids is 1. The molecule has 0 saturated carbocycles. The molecule has 2 aromatic carbocycles. The quantitative estimate of drug-likeness (QED) is 0.561. The summed E-state index contributed by atoms with van der Waals surface area (Å²) in [7, 11) is 0. The second-order valence-electron chi connectivity index (χ2n) is 7.12. The highest BCUT2D eigenvalue weighted by atomic mass is 35.5. The number of aromatic nitrogens is 1. The van der Waals surface area contributed by atoms with Gasteiger partial charge >= 0.3 is 0 Å². The second kappa shape index (κ2) is 8.33. The Morgan fingerprint density at radius 1 is 1.23 bits per heavy atom. The van der Waals surface area contributed by atoms with Gasteiger partial charge in [0.2, 0.25) is 5.43 Å². The van der Waals surface area contributed by atoms with E-state index in [4.69, 9.17) is 16.7 Å². The van der Waals surface area contributed by atoms with E-state index >= 15 is 0 Å². The molecule has 6 nitrogen and oxygen atoms in total. The van der Waals surface area contributed by atoms with Crippen molar-refractivity contribution in [3.63, 3.8) is 0 Å². The Labute approximate surface area is 177 Å². The minimum atomic E-state index is -0.488. The van der Waals surface area contributed by atoms with Crippen LogP contribution in [0.15, 0.2) is 47.4 Å². The lowest BCUT2D eigenvalue weighted by Gasteiger charge is -2.14. The van der Waals surface area contributed by atoms with E-state index in [1.54, 1.807) is 34.9 Å². The molecule has 0 fully saturated rings. The monoisotopic (exact) mass is 422 g/mol. The molecule has 3 N–H and O–H groups in total. The van der Waals surface area contributed by atoms with Crippen molar-refractivity contribution in [3.8, 4) is 11.8 Å². The summed E-state index contributed by atoms with van der Waals surface area (Å²) in [5.74, 6) is 4.91. The minimum Gasteiger partial charge on any atom is -0.394 e. The van der Waals surface area contributed by atoms with E-state index < -0.39 is 5.91 Å². The van der Waals surface area contributed by atoms with Gasteiger partial charge < -0.3 is 20.1 Å². The molecule has 4 rings (SSSR count). The van der Waals surface area contributed by atoms with Gasteiger partial charge in [0.25, 0.3) is 5.91 Å². The Morgan fingerprint density at radius 3 is 2.70 bits per heavy atom. The number of pyridine rings is 1. The van der Waals surface area contributed by atoms with Crippen LogP contribution in [-0.4, -0.2) is 33.9 Å². The summed E-state index contributed by atoms with van der Waals surface area (Å²) in [4.78, 5) is 25.9. The highest BCUT2D eigenvalue weighted by Gasteiger charge is 2.27. The second-order valence-corrected chi connectivity index (χ2v) is 7.56. The first kappa shape index (κ1) is 20.2. The Kier molecular flexibility index (Phi) is 5.60. The number of nitrogens with zero attached hydrogens (tertiary/aromatic N) is 1. The Balaban J connectivity index is 1.75. The average Bonchev–Trinajstić information content (AvgIpc) is 3.11. The fourth-order valence-electron chi connectivity index (χ4n) is 3.78. The standard InChI is InChI=1S/C23H19ClN2O4/c24-17-5-3-14(4-6-17)11-25-23(30)20-12-26-18(13-28)10-16-8-15(2-1-7-27)9-19(21(16)26)22(20)29/h3-6,8-9,12,18,27-28H,7,10-11,13H2,(H,25,30). The molecule has 3 aromatic rings. The lowest BCUT2D eigenvalue weighted by molar-refractivity contribution is 0.0949. The maximum atomic E-state index is 13.1. The van der Waals surface area contributed by atoms with Gasteiger partial charge in [-0.1, -0.05) is 35.6 Å². The van der Waals surface area contributed by atoms with E-state index in [9.17, 15) is 14.7 Å². The molecule has 1 unspecified atom stereocenters. The van der Waals surface area contributed by atoms with Crippen LogP contribution in [0.25, 0.3) is 10.9 Å². The highest BCUT2D eigenvalue weighted by Crippen LogP contribution is 2.32. The lowest BCUT2D eigenvalue weighted by atomic mass is 10.0. The topological polar surface area (TPSA) is 91.6 Å². The van der Waals surface area contributed by atoms with Gasteiger partial charge in [0, 0.05) is 28.7 Å². The first-order chi connectivity index (χ1) is 14.5. The van der Waals surface area contributed by atoms with Crippen molar-refractivity contribution in [1.29, 1.82) is 0 Å². The molecule has 2 heterocycles. The van der Waals surface area contributed by atoms with Crippen molar-refractivity contribution in [2.24, 2.45) is 0 Å². The van der Waals surface area contributed by atoms with Gasteiger partial charge in [0.15, 0.2) is 0 Å². The Bertz CT molecular complexity index is 1250. The van der Waals surface area contributed by atoms with Gasteiger partial charge in [-0.25, -0.2) is 0 Å². The van der Waals surface area contributed by atoms with Crippen LogP contribution in [0.3, 0.4) is 0 Å². The van der Waals surface area contributed by atoms with Crippen LogP contribution in [0.2, 0.25) is 5.02 Å². The van der Waals surface area contributed by atoms with Gasteiger partial charge in [-0.2, -0.15) is 0 Å². The molecule has 0 bridgehead atoms. The third-order valence-corrected chi connectivity index (χ3v) is 5.44. The average molecular weight is 423 g/mol. The summed E-state index contributed by atoms with van der Waals surface area (Å²) in [5.41, 5.74) is 2.67. The lowest BCUT2D eigenvalue weighted by Crippen LogP contribution is -2.29. The molecule has 30 heavy (non-hydrogen) atoms. The Hall–Kier alpha value is -3.11. The number of amides is 1. The van der Waals surface area contributed by atoms with Crippen molar-refractivity contribution in [1.82, 2.24) is 9.88 Å². The molecule has 7 heteroatoms. The number of hydrogen-bond acceptors (Lipinski definition) is 4. The van der Waals surface area contributed by atoms with Crippen molar-refractivity contribution < 1.29 is 15.0 Å². The minimum absolute atomic E-state index is 0.00929. The number of nitrogens with one attached hydrogen (secondary N) is 1. The van der Waals surface area contributed by atoms with E-state index in [1.165, 1.54) is 6.20 Å². The zero-order chi connectivity index (χ0) is 21.3. The molecule has 1 aromatic heterocycles. The molecule has 1 aliphatic rings. The zero-order valence-electron chi connectivity index (χ0n) is 16.0. The molecule has 0 aliphatic carbocycles. The van der Waals surface area contributed by atoms with E-state index in [-0.39, 0.29) is 36.8 Å². The van der Waals surface area contributed by atoms with Gasteiger partial charge in [0.05, 0.1) is 18.2 Å². The maximum Gasteiger partial charge on any atom is 0.257 e. The van der Waals surface area contributed by atoms with Crippen LogP contribution in [0.5, 0.6) is 0 Å². The van der Waals surface area contributed by atoms with Crippen LogP contribution in [0.4, 0.5) is 0 Å². The summed E-state index contributed by atoms with van der Waals surface area (Å²) in [5, 5.41) is 22.5. The molecule has 0 radical (unpaired) electrons. The molecular formula is C23H19ClN2O4. The first-order valence-corrected chi connectivity index (χ1v) is 9.84. The van der Waals surface area contributed by atoms with Crippen LogP contribution in [0.1, 0.15) is 33.1 Å². The van der Waals surface area contributed by atoms with Gasteiger partial charge in [-0.15, -0.1) is 0 Å². The summed E-state index contributed by atoms with van der Waals surface area (Å²) < 4.78 is 1.80. The van der Waals surface area contributed by atoms with Crippen molar-refractivity contribution in [2.75, 3.05) is 13.2 Å². The fourth-order valence-corrected chi connectivity index (χ4v) is 3.91. The van der Waals surface area contributed by atoms with Crippen LogP contribution < -0.4 is 10.7 Å². The third-order valence-electron chi connectivity index (χ3n) is 5.19. The van der Waals surface area contributed by atoms with Gasteiger partial charge in [-0.05, 0) is 41.8 Å². The predicted octanol–water partition coefficient (Wildman–Crippen LogP) is 2.02. The van der Waals surface area contributed by atoms with Crippen LogP contribution in [0, 0.1) is 11.8 Å². The molecular weight excluding hydrogens is 404 g/mol. The number of carbonyl (C=O) groups is 1. The SMILES string of the molecule is O=C(NCc1ccc(Cl)cc1)c1cn2c3c(cc(C#CCO)cc3c1=O)CC2CO. The summed E-state index contributed by atoms with van der Waals surface area (Å²) in [6.45, 7) is -0.148. The van der Waals surface area contributed by atoms with E-state index in [2.05, 4.69) is 17.2 Å². The normalized spacial score (nSPS) is 14.4. The smallest absolute Gasteiger partial charge is 0.257 e. The number of aliphatic hydroxyl groups is 2. The number of halogens is 1. The molecule has 1 atom stereocenters. The number of benzene rings is 2. The highest BCUT2D eigenvalue weighted by molar-refractivity contribution is 6.30. The molecule has 0 spiro atoms. The predicted molar refractivity (Wildman–Crippen MR) is 115 cm³/mol. The number of rotatable bonds is 4. The summed E-state index contributed by atoms with van der Waals surface area (Å²) in [6.07, 6.45) is 2.06. The van der Waals surface area contributed by atoms with E-state index in [0.717, 1.165) is 11.1 Å². The summed E-state index contributed by atoms with van der Waals surface area (Å²) >= 11 is 5.88. The maximum absolute atomic E-state index is 13.1. The van der Waals surface area contributed by atoms with E-state index in [0.29, 0.717) is 27.9 Å². The third kappa shape index (κ3) is 3.71. The van der Waals surface area contributed by atoms with Crippen molar-refractivity contribution >= 4 is 28.4 Å². The van der Waals surface area contributed by atoms with Gasteiger partial charge in [0.1, 0.15) is 12.2 Å². The van der Waals surface area contributed by atoms with Crippen LogP contribution in [-0.2, 0) is 13.0 Å². The van der Waals surface area contributed by atoms with Gasteiger partial charge in [-0.3, -0.25) is 9.59 Å². The molecule has 1 aliphatic heterocycles. The largest absolute Gasteiger partial charge is 0.394 e. The number of aliphatic hydroxyl groups excluding tert-OH is 2. The first-order valence-electron chi connectivity index (χ1n) is 9.47. The molecule has 0 saturated heterocycles. The summed E-state index contributed by atoms with van der Waals surface area (Å²) in [6, 6.07) is 10.3.